The first-order chi connectivity index (χ1) is 9.93. The van der Waals surface area contributed by atoms with Crippen LogP contribution in [0, 0.1) is 0 Å². The van der Waals surface area contributed by atoms with Crippen LogP contribution in [0.15, 0.2) is 12.2 Å². The summed E-state index contributed by atoms with van der Waals surface area (Å²) in [5.74, 6) is 0. The quantitative estimate of drug-likeness (QED) is 0.286. The summed E-state index contributed by atoms with van der Waals surface area (Å²) in [5, 5.41) is 3.55. The van der Waals surface area contributed by atoms with Crippen LogP contribution < -0.4 is 5.32 Å². The predicted octanol–water partition coefficient (Wildman–Crippen LogP) is 6.00. The van der Waals surface area contributed by atoms with Crippen molar-refractivity contribution in [2.75, 3.05) is 6.54 Å². The number of nitrogens with one attached hydrogen (secondary N) is 1. The highest BCUT2D eigenvalue weighted by Gasteiger charge is 2.19. The molecule has 118 valence electrons. The van der Waals surface area contributed by atoms with Crippen molar-refractivity contribution in [2.45, 2.75) is 103 Å². The summed E-state index contributed by atoms with van der Waals surface area (Å²) in [6, 6.07) is 0.866. The fourth-order valence-corrected chi connectivity index (χ4v) is 2.64. The minimum Gasteiger partial charge on any atom is -0.314 e. The van der Waals surface area contributed by atoms with E-state index in [2.05, 4.69) is 24.4 Å². The summed E-state index contributed by atoms with van der Waals surface area (Å²) in [7, 11) is 0. The zero-order valence-corrected chi connectivity index (χ0v) is 13.8. The van der Waals surface area contributed by atoms with Gasteiger partial charge in [-0.15, -0.1) is 0 Å². The van der Waals surface area contributed by atoms with Gasteiger partial charge in [0.25, 0.3) is 0 Å². The molecule has 0 aliphatic heterocycles. The average Bonchev–Trinajstić information content (AvgIpc) is 3.27. The van der Waals surface area contributed by atoms with Crippen LogP contribution in [-0.2, 0) is 0 Å². The molecule has 0 radical (unpaired) electrons. The molecular weight excluding hydrogens is 242 g/mol. The molecular formula is C19H37N. The van der Waals surface area contributed by atoms with Crippen molar-refractivity contribution < 1.29 is 0 Å². The second-order valence-electron chi connectivity index (χ2n) is 6.46. The van der Waals surface area contributed by atoms with Gasteiger partial charge in [-0.05, 0) is 38.6 Å². The normalized spacial score (nSPS) is 15.2. The van der Waals surface area contributed by atoms with Crippen LogP contribution in [0.4, 0.5) is 0 Å². The van der Waals surface area contributed by atoms with Gasteiger partial charge < -0.3 is 5.32 Å². The topological polar surface area (TPSA) is 12.0 Å². The molecule has 0 heterocycles. The van der Waals surface area contributed by atoms with Crippen LogP contribution in [0.2, 0.25) is 0 Å². The Morgan fingerprint density at radius 2 is 1.30 bits per heavy atom. The van der Waals surface area contributed by atoms with E-state index in [9.17, 15) is 0 Å². The van der Waals surface area contributed by atoms with E-state index in [1.54, 1.807) is 0 Å². The van der Waals surface area contributed by atoms with Gasteiger partial charge in [0.15, 0.2) is 0 Å². The van der Waals surface area contributed by atoms with E-state index in [1.807, 2.05) is 0 Å². The fourth-order valence-electron chi connectivity index (χ4n) is 2.64. The highest BCUT2D eigenvalue weighted by atomic mass is 14.9. The van der Waals surface area contributed by atoms with Gasteiger partial charge >= 0.3 is 0 Å². The Hall–Kier alpha value is -0.300. The highest BCUT2D eigenvalue weighted by Crippen LogP contribution is 2.18. The van der Waals surface area contributed by atoms with Gasteiger partial charge in [0.1, 0.15) is 0 Å². The number of hydrogen-bond donors (Lipinski definition) is 1. The Balaban J connectivity index is 1.66. The van der Waals surface area contributed by atoms with Gasteiger partial charge in [0.05, 0.1) is 0 Å². The standard InChI is InChI=1S/C19H37N/c1-2-3-4-5-6-7-8-9-10-11-12-13-14-15-18-20-19-16-17-19/h13-14,19-20H,2-12,15-18H2,1H3. The third kappa shape index (κ3) is 12.7. The first kappa shape index (κ1) is 17.8. The van der Waals surface area contributed by atoms with Crippen LogP contribution in [0.1, 0.15) is 96.8 Å². The number of hydrogen-bond acceptors (Lipinski definition) is 1. The van der Waals surface area contributed by atoms with Gasteiger partial charge in [0.2, 0.25) is 0 Å². The Morgan fingerprint density at radius 3 is 1.90 bits per heavy atom. The van der Waals surface area contributed by atoms with E-state index in [4.69, 9.17) is 0 Å². The first-order valence-electron chi connectivity index (χ1n) is 9.32. The molecule has 20 heavy (non-hydrogen) atoms. The third-order valence-corrected chi connectivity index (χ3v) is 4.21. The Morgan fingerprint density at radius 1 is 0.750 bits per heavy atom. The Kier molecular flexibility index (Phi) is 12.1. The summed E-state index contributed by atoms with van der Waals surface area (Å²) >= 11 is 0. The van der Waals surface area contributed by atoms with Crippen LogP contribution >= 0.6 is 0 Å². The summed E-state index contributed by atoms with van der Waals surface area (Å²) < 4.78 is 0. The lowest BCUT2D eigenvalue weighted by Crippen LogP contribution is -2.16. The lowest BCUT2D eigenvalue weighted by atomic mass is 10.1. The molecule has 0 amide bonds. The lowest BCUT2D eigenvalue weighted by Gasteiger charge is -2.01. The zero-order chi connectivity index (χ0) is 14.3. The molecule has 0 aromatic rings. The Bertz CT molecular complexity index is 218. The summed E-state index contributed by atoms with van der Waals surface area (Å²) in [4.78, 5) is 0. The molecule has 0 atom stereocenters. The second kappa shape index (κ2) is 13.7. The largest absolute Gasteiger partial charge is 0.314 e. The zero-order valence-electron chi connectivity index (χ0n) is 13.8. The van der Waals surface area contributed by atoms with E-state index in [1.165, 1.54) is 96.4 Å². The highest BCUT2D eigenvalue weighted by molar-refractivity contribution is 4.85. The molecule has 1 nitrogen and oxygen atoms in total. The van der Waals surface area contributed by atoms with Crippen molar-refractivity contribution in [1.82, 2.24) is 5.32 Å². The Labute approximate surface area is 127 Å². The van der Waals surface area contributed by atoms with Crippen molar-refractivity contribution in [3.8, 4) is 0 Å². The summed E-state index contributed by atoms with van der Waals surface area (Å²) in [6.45, 7) is 3.47. The first-order valence-corrected chi connectivity index (χ1v) is 9.32. The molecule has 1 heteroatoms. The molecule has 0 aromatic carbocycles. The van der Waals surface area contributed by atoms with Crippen molar-refractivity contribution >= 4 is 0 Å². The van der Waals surface area contributed by atoms with E-state index in [0.29, 0.717) is 0 Å². The van der Waals surface area contributed by atoms with E-state index in [0.717, 1.165) is 6.04 Å². The van der Waals surface area contributed by atoms with E-state index < -0.39 is 0 Å². The smallest absolute Gasteiger partial charge is 0.00683 e. The SMILES string of the molecule is CCCCCCCCCCCCC=CCCNC1CC1. The van der Waals surface area contributed by atoms with Gasteiger partial charge in [-0.25, -0.2) is 0 Å². The van der Waals surface area contributed by atoms with E-state index in [-0.39, 0.29) is 0 Å². The molecule has 1 N–H and O–H groups in total. The van der Waals surface area contributed by atoms with E-state index >= 15 is 0 Å². The van der Waals surface area contributed by atoms with Crippen LogP contribution in [0.5, 0.6) is 0 Å². The molecule has 1 fully saturated rings. The molecule has 1 aliphatic rings. The molecule has 0 bridgehead atoms. The number of rotatable bonds is 15. The lowest BCUT2D eigenvalue weighted by molar-refractivity contribution is 0.557. The monoisotopic (exact) mass is 279 g/mol. The maximum absolute atomic E-state index is 3.55. The van der Waals surface area contributed by atoms with Gasteiger partial charge in [0, 0.05) is 6.04 Å². The van der Waals surface area contributed by atoms with Gasteiger partial charge in [-0.1, -0.05) is 76.9 Å². The predicted molar refractivity (Wildman–Crippen MR) is 91.2 cm³/mol. The van der Waals surface area contributed by atoms with Crippen molar-refractivity contribution in [1.29, 1.82) is 0 Å². The van der Waals surface area contributed by atoms with Crippen molar-refractivity contribution in [3.05, 3.63) is 12.2 Å². The molecule has 1 aliphatic carbocycles. The number of allylic oxidation sites excluding steroid dienone is 1. The van der Waals surface area contributed by atoms with Crippen molar-refractivity contribution in [2.24, 2.45) is 0 Å². The molecule has 1 saturated carbocycles. The molecule has 1 rings (SSSR count). The summed E-state index contributed by atoms with van der Waals surface area (Å²) in [6.07, 6.45) is 24.4. The summed E-state index contributed by atoms with van der Waals surface area (Å²) in [5.41, 5.74) is 0. The van der Waals surface area contributed by atoms with Crippen molar-refractivity contribution in [3.63, 3.8) is 0 Å². The molecule has 0 spiro atoms. The van der Waals surface area contributed by atoms with Crippen LogP contribution in [-0.4, -0.2) is 12.6 Å². The van der Waals surface area contributed by atoms with Gasteiger partial charge in [-0.2, -0.15) is 0 Å². The fraction of sp³-hybridized carbons (Fsp3) is 0.895. The third-order valence-electron chi connectivity index (χ3n) is 4.21. The average molecular weight is 280 g/mol. The minimum atomic E-state index is 0.866. The maximum atomic E-state index is 3.55. The van der Waals surface area contributed by atoms with Crippen LogP contribution in [0.3, 0.4) is 0 Å². The van der Waals surface area contributed by atoms with Crippen LogP contribution in [0.25, 0.3) is 0 Å². The van der Waals surface area contributed by atoms with Gasteiger partial charge in [-0.3, -0.25) is 0 Å². The molecule has 0 aromatic heterocycles. The minimum absolute atomic E-state index is 0.866. The number of unbranched alkanes of at least 4 members (excludes halogenated alkanes) is 10. The second-order valence-corrected chi connectivity index (χ2v) is 6.46. The molecule has 0 unspecified atom stereocenters. The maximum Gasteiger partial charge on any atom is 0.00683 e. The molecule has 0 saturated heterocycles.